The van der Waals surface area contributed by atoms with Crippen LogP contribution in [0.1, 0.15) is 15.9 Å². The zero-order valence-corrected chi connectivity index (χ0v) is 10.2. The zero-order chi connectivity index (χ0) is 13.8. The molecule has 1 saturated heterocycles. The monoisotopic (exact) mass is 265 g/mol. The lowest BCUT2D eigenvalue weighted by Crippen LogP contribution is -2.28. The molecule has 0 radical (unpaired) electrons. The van der Waals surface area contributed by atoms with Gasteiger partial charge < -0.3 is 10.1 Å². The number of aldehydes is 1. The molecule has 1 fully saturated rings. The molecule has 1 aromatic carbocycles. The lowest BCUT2D eigenvalue weighted by molar-refractivity contribution is 0.111. The lowest BCUT2D eigenvalue weighted by Gasteiger charge is -2.17. The van der Waals surface area contributed by atoms with E-state index in [1.165, 1.54) is 0 Å². The Bertz CT molecular complexity index is 521. The van der Waals surface area contributed by atoms with E-state index in [-0.39, 0.29) is 6.29 Å². The summed E-state index contributed by atoms with van der Waals surface area (Å²) in [6.07, 6.45) is 1.83. The van der Waals surface area contributed by atoms with Crippen molar-refractivity contribution in [1.29, 1.82) is 0 Å². The normalized spacial score (nSPS) is 17.1. The standard InChI is InChI=1S/C14H13F2NO2/c1-9(4-11-8-19-3-2-17-11)10-5-13(15)12(7-18)14(16)6-10/h4-7,17H,1-3,8H2/b11-4-. The number of carbonyl (C=O) groups is 1. The quantitative estimate of drug-likeness (QED) is 0.852. The Balaban J connectivity index is 2.26. The average Bonchev–Trinajstić information content (AvgIpc) is 2.39. The Morgan fingerprint density at radius 1 is 1.37 bits per heavy atom. The van der Waals surface area contributed by atoms with Crippen molar-refractivity contribution in [3.8, 4) is 0 Å². The van der Waals surface area contributed by atoms with Gasteiger partial charge in [-0.25, -0.2) is 8.78 Å². The number of hydrogen-bond acceptors (Lipinski definition) is 3. The largest absolute Gasteiger partial charge is 0.384 e. The number of ether oxygens (including phenoxy) is 1. The van der Waals surface area contributed by atoms with Crippen molar-refractivity contribution in [2.45, 2.75) is 0 Å². The van der Waals surface area contributed by atoms with Crippen molar-refractivity contribution in [1.82, 2.24) is 5.32 Å². The molecule has 0 unspecified atom stereocenters. The van der Waals surface area contributed by atoms with Gasteiger partial charge in [0.1, 0.15) is 11.6 Å². The molecule has 100 valence electrons. The highest BCUT2D eigenvalue weighted by Gasteiger charge is 2.12. The minimum absolute atomic E-state index is 0.159. The van der Waals surface area contributed by atoms with Crippen LogP contribution in [-0.2, 0) is 4.74 Å². The maximum Gasteiger partial charge on any atom is 0.155 e. The molecule has 0 saturated carbocycles. The van der Waals surface area contributed by atoms with E-state index >= 15 is 0 Å². The Kier molecular flexibility index (Phi) is 4.06. The molecule has 0 atom stereocenters. The van der Waals surface area contributed by atoms with E-state index in [0.717, 1.165) is 17.8 Å². The highest BCUT2D eigenvalue weighted by molar-refractivity contribution is 5.79. The van der Waals surface area contributed by atoms with Gasteiger partial charge in [-0.1, -0.05) is 6.58 Å². The first-order valence-electron chi connectivity index (χ1n) is 5.77. The topological polar surface area (TPSA) is 38.3 Å². The van der Waals surface area contributed by atoms with E-state index in [1.54, 1.807) is 6.08 Å². The maximum absolute atomic E-state index is 13.5. The Hall–Kier alpha value is -2.01. The third kappa shape index (κ3) is 3.06. The van der Waals surface area contributed by atoms with Crippen LogP contribution in [0.2, 0.25) is 0 Å². The first-order valence-corrected chi connectivity index (χ1v) is 5.77. The molecular weight excluding hydrogens is 252 g/mol. The van der Waals surface area contributed by atoms with Crippen molar-refractivity contribution < 1.29 is 18.3 Å². The number of carbonyl (C=O) groups excluding carboxylic acids is 1. The SMILES string of the molecule is C=C(/C=C1/COCCN1)c1cc(F)c(C=O)c(F)c1. The molecule has 19 heavy (non-hydrogen) atoms. The number of benzene rings is 1. The minimum atomic E-state index is -0.891. The Labute approximate surface area is 109 Å². The summed E-state index contributed by atoms with van der Waals surface area (Å²) in [6.45, 7) is 5.49. The summed E-state index contributed by atoms with van der Waals surface area (Å²) in [4.78, 5) is 10.5. The van der Waals surface area contributed by atoms with Gasteiger partial charge in [0.15, 0.2) is 6.29 Å². The van der Waals surface area contributed by atoms with Gasteiger partial charge in [0.05, 0.1) is 18.8 Å². The average molecular weight is 265 g/mol. The van der Waals surface area contributed by atoms with Crippen molar-refractivity contribution in [3.63, 3.8) is 0 Å². The highest BCUT2D eigenvalue weighted by Crippen LogP contribution is 2.21. The smallest absolute Gasteiger partial charge is 0.155 e. The summed E-state index contributed by atoms with van der Waals surface area (Å²) in [6, 6.07) is 2.19. The second kappa shape index (κ2) is 5.75. The lowest BCUT2D eigenvalue weighted by atomic mass is 10.0. The summed E-state index contributed by atoms with van der Waals surface area (Å²) in [5.74, 6) is -1.78. The molecule has 1 aliphatic rings. The fourth-order valence-corrected chi connectivity index (χ4v) is 1.79. The summed E-state index contributed by atoms with van der Waals surface area (Å²) < 4.78 is 32.2. The van der Waals surface area contributed by atoms with E-state index in [2.05, 4.69) is 11.9 Å². The minimum Gasteiger partial charge on any atom is -0.384 e. The molecule has 1 aromatic rings. The third-order valence-electron chi connectivity index (χ3n) is 2.77. The molecule has 1 N–H and O–H groups in total. The van der Waals surface area contributed by atoms with E-state index in [1.807, 2.05) is 0 Å². The van der Waals surface area contributed by atoms with Crippen LogP contribution in [0.3, 0.4) is 0 Å². The fourth-order valence-electron chi connectivity index (χ4n) is 1.79. The number of allylic oxidation sites excluding steroid dienone is 2. The summed E-state index contributed by atoms with van der Waals surface area (Å²) in [5.41, 5.74) is 0.976. The zero-order valence-electron chi connectivity index (χ0n) is 10.2. The number of morpholine rings is 1. The van der Waals surface area contributed by atoms with Crippen LogP contribution < -0.4 is 5.32 Å². The van der Waals surface area contributed by atoms with Gasteiger partial charge in [0.25, 0.3) is 0 Å². The molecule has 0 bridgehead atoms. The van der Waals surface area contributed by atoms with Gasteiger partial charge in [-0.3, -0.25) is 4.79 Å². The van der Waals surface area contributed by atoms with Crippen molar-refractivity contribution in [2.75, 3.05) is 19.8 Å². The molecule has 5 heteroatoms. The summed E-state index contributed by atoms with van der Waals surface area (Å²) in [7, 11) is 0. The number of rotatable bonds is 3. The van der Waals surface area contributed by atoms with Crippen LogP contribution in [0, 0.1) is 11.6 Å². The molecule has 0 aliphatic carbocycles. The predicted molar refractivity (Wildman–Crippen MR) is 67.7 cm³/mol. The molecule has 0 amide bonds. The Morgan fingerprint density at radius 3 is 2.58 bits per heavy atom. The number of halogens is 2. The van der Waals surface area contributed by atoms with E-state index in [0.29, 0.717) is 30.9 Å². The van der Waals surface area contributed by atoms with Crippen LogP contribution in [0.4, 0.5) is 8.78 Å². The summed E-state index contributed by atoms with van der Waals surface area (Å²) >= 11 is 0. The molecule has 1 aliphatic heterocycles. The van der Waals surface area contributed by atoms with Gasteiger partial charge in [-0.05, 0) is 29.3 Å². The molecular formula is C14H13F2NO2. The molecule has 1 heterocycles. The first-order chi connectivity index (χ1) is 9.11. The molecule has 2 rings (SSSR count). The van der Waals surface area contributed by atoms with Crippen LogP contribution in [-0.4, -0.2) is 26.0 Å². The molecule has 0 spiro atoms. The molecule has 0 aromatic heterocycles. The second-order valence-corrected chi connectivity index (χ2v) is 4.15. The van der Waals surface area contributed by atoms with Crippen molar-refractivity contribution in [2.24, 2.45) is 0 Å². The maximum atomic E-state index is 13.5. The summed E-state index contributed by atoms with van der Waals surface area (Å²) in [5, 5.41) is 3.10. The third-order valence-corrected chi connectivity index (χ3v) is 2.77. The van der Waals surface area contributed by atoms with E-state index in [9.17, 15) is 13.6 Å². The first kappa shape index (κ1) is 13.4. The van der Waals surface area contributed by atoms with Crippen LogP contribution >= 0.6 is 0 Å². The van der Waals surface area contributed by atoms with Gasteiger partial charge >= 0.3 is 0 Å². The molecule has 3 nitrogen and oxygen atoms in total. The van der Waals surface area contributed by atoms with Crippen molar-refractivity contribution in [3.05, 3.63) is 53.2 Å². The highest BCUT2D eigenvalue weighted by atomic mass is 19.1. The second-order valence-electron chi connectivity index (χ2n) is 4.15. The predicted octanol–water partition coefficient (Wildman–Crippen LogP) is 2.29. The van der Waals surface area contributed by atoms with E-state index < -0.39 is 17.2 Å². The van der Waals surface area contributed by atoms with Crippen LogP contribution in [0.5, 0.6) is 0 Å². The Morgan fingerprint density at radius 2 is 2.05 bits per heavy atom. The van der Waals surface area contributed by atoms with Crippen molar-refractivity contribution >= 4 is 11.9 Å². The van der Waals surface area contributed by atoms with Crippen LogP contribution in [0.15, 0.2) is 30.5 Å². The van der Waals surface area contributed by atoms with Crippen LogP contribution in [0.25, 0.3) is 5.57 Å². The number of hydrogen-bond donors (Lipinski definition) is 1. The number of nitrogens with one attached hydrogen (secondary N) is 1. The van der Waals surface area contributed by atoms with Gasteiger partial charge in [-0.2, -0.15) is 0 Å². The van der Waals surface area contributed by atoms with Gasteiger partial charge in [0, 0.05) is 12.2 Å². The fraction of sp³-hybridized carbons (Fsp3) is 0.214. The van der Waals surface area contributed by atoms with Gasteiger partial charge in [0.2, 0.25) is 0 Å². The van der Waals surface area contributed by atoms with Gasteiger partial charge in [-0.15, -0.1) is 0 Å². The van der Waals surface area contributed by atoms with E-state index in [4.69, 9.17) is 4.74 Å².